The number of hydrogen-bond acceptors (Lipinski definition) is 2. The normalized spacial score (nSPS) is 25.2. The van der Waals surface area contributed by atoms with E-state index >= 15 is 0 Å². The van der Waals surface area contributed by atoms with Gasteiger partial charge < -0.3 is 10.2 Å². The van der Waals surface area contributed by atoms with Crippen molar-refractivity contribution < 1.29 is 15.0 Å². The van der Waals surface area contributed by atoms with E-state index in [4.69, 9.17) is 10.2 Å². The maximum atomic E-state index is 10.3. The number of hydrogen-bond donors (Lipinski definition) is 2. The molecule has 1 rings (SSSR count). The molecule has 0 radical (unpaired) electrons. The van der Waals surface area contributed by atoms with E-state index in [1.807, 2.05) is 0 Å². The van der Waals surface area contributed by atoms with Gasteiger partial charge in [-0.1, -0.05) is 12.2 Å². The predicted molar refractivity (Wildman–Crippen MR) is 44.7 cm³/mol. The summed E-state index contributed by atoms with van der Waals surface area (Å²) in [5.41, 5.74) is 0. The third-order valence-electron chi connectivity index (χ3n) is 2.22. The summed E-state index contributed by atoms with van der Waals surface area (Å²) in [6, 6.07) is 0. The Labute approximate surface area is 71.7 Å². The number of carbonyl (C=O) groups is 1. The summed E-state index contributed by atoms with van der Waals surface area (Å²) in [6.45, 7) is 0. The maximum absolute atomic E-state index is 10.3. The average molecular weight is 170 g/mol. The van der Waals surface area contributed by atoms with E-state index < -0.39 is 12.1 Å². The van der Waals surface area contributed by atoms with Gasteiger partial charge in [-0.25, -0.2) is 4.79 Å². The summed E-state index contributed by atoms with van der Waals surface area (Å²) in [5, 5.41) is 17.5. The molecule has 2 N–H and O–H groups in total. The molecule has 68 valence electrons. The third kappa shape index (κ3) is 2.66. The lowest BCUT2D eigenvalue weighted by molar-refractivity contribution is -0.147. The molecule has 0 amide bonds. The molecule has 0 saturated carbocycles. The first-order valence-electron chi connectivity index (χ1n) is 4.26. The number of aliphatic hydroxyl groups excluding tert-OH is 1. The highest BCUT2D eigenvalue weighted by molar-refractivity contribution is 5.71. The summed E-state index contributed by atoms with van der Waals surface area (Å²) in [5.74, 6) is -0.759. The molecule has 0 aromatic carbocycles. The molecule has 3 nitrogen and oxygen atoms in total. The molecule has 2 unspecified atom stereocenters. The van der Waals surface area contributed by atoms with Crippen LogP contribution in [0.25, 0.3) is 0 Å². The molecular weight excluding hydrogens is 156 g/mol. The minimum Gasteiger partial charge on any atom is -0.479 e. The van der Waals surface area contributed by atoms with Gasteiger partial charge in [-0.3, -0.25) is 0 Å². The van der Waals surface area contributed by atoms with Crippen LogP contribution in [0.2, 0.25) is 0 Å². The zero-order valence-electron chi connectivity index (χ0n) is 6.94. The SMILES string of the molecule is O=C(O)C(O)CC1CC=CCC1. The molecule has 0 heterocycles. The number of rotatable bonds is 3. The van der Waals surface area contributed by atoms with Crippen LogP contribution in [0.5, 0.6) is 0 Å². The second kappa shape index (κ2) is 4.26. The van der Waals surface area contributed by atoms with E-state index in [-0.39, 0.29) is 0 Å². The highest BCUT2D eigenvalue weighted by atomic mass is 16.4. The number of carboxylic acids is 1. The summed E-state index contributed by atoms with van der Waals surface area (Å²) in [6.07, 6.45) is 6.29. The number of allylic oxidation sites excluding steroid dienone is 2. The van der Waals surface area contributed by atoms with Crippen molar-refractivity contribution >= 4 is 5.97 Å². The third-order valence-corrected chi connectivity index (χ3v) is 2.22. The molecule has 0 aromatic rings. The van der Waals surface area contributed by atoms with Crippen LogP contribution in [0, 0.1) is 5.92 Å². The monoisotopic (exact) mass is 170 g/mol. The zero-order chi connectivity index (χ0) is 8.97. The van der Waals surface area contributed by atoms with Crippen LogP contribution in [0.15, 0.2) is 12.2 Å². The second-order valence-electron chi connectivity index (χ2n) is 3.24. The summed E-state index contributed by atoms with van der Waals surface area (Å²) >= 11 is 0. The Hall–Kier alpha value is -0.830. The minimum absolute atomic E-state index is 0.348. The Morgan fingerprint density at radius 1 is 1.58 bits per heavy atom. The van der Waals surface area contributed by atoms with Crippen LogP contribution < -0.4 is 0 Å². The Balaban J connectivity index is 2.30. The topological polar surface area (TPSA) is 57.5 Å². The van der Waals surface area contributed by atoms with Crippen LogP contribution in [-0.2, 0) is 4.79 Å². The van der Waals surface area contributed by atoms with Crippen molar-refractivity contribution in [1.82, 2.24) is 0 Å². The van der Waals surface area contributed by atoms with Crippen LogP contribution in [0.1, 0.15) is 25.7 Å². The second-order valence-corrected chi connectivity index (χ2v) is 3.24. The van der Waals surface area contributed by atoms with E-state index in [1.54, 1.807) is 0 Å². The van der Waals surface area contributed by atoms with Crippen molar-refractivity contribution in [3.8, 4) is 0 Å². The van der Waals surface area contributed by atoms with Gasteiger partial charge in [-0.15, -0.1) is 0 Å². The quantitative estimate of drug-likeness (QED) is 0.625. The molecule has 0 fully saturated rings. The molecule has 2 atom stereocenters. The molecule has 3 heteroatoms. The van der Waals surface area contributed by atoms with E-state index in [1.165, 1.54) is 0 Å². The Kier molecular flexibility index (Phi) is 3.29. The predicted octanol–water partition coefficient (Wildman–Crippen LogP) is 1.18. The number of aliphatic hydroxyl groups is 1. The molecule has 0 spiro atoms. The van der Waals surface area contributed by atoms with Gasteiger partial charge in [-0.2, -0.15) is 0 Å². The first-order valence-corrected chi connectivity index (χ1v) is 4.26. The molecule has 0 saturated heterocycles. The summed E-state index contributed by atoms with van der Waals surface area (Å²) < 4.78 is 0. The lowest BCUT2D eigenvalue weighted by Crippen LogP contribution is -2.23. The molecule has 0 bridgehead atoms. The van der Waals surface area contributed by atoms with Crippen molar-refractivity contribution in [1.29, 1.82) is 0 Å². The van der Waals surface area contributed by atoms with Crippen LogP contribution in [-0.4, -0.2) is 22.3 Å². The van der Waals surface area contributed by atoms with E-state index in [9.17, 15) is 4.79 Å². The fraction of sp³-hybridized carbons (Fsp3) is 0.667. The van der Waals surface area contributed by atoms with Crippen LogP contribution >= 0.6 is 0 Å². The standard InChI is InChI=1S/C9H14O3/c10-8(9(11)12)6-7-4-2-1-3-5-7/h1-2,7-8,10H,3-6H2,(H,11,12). The molecular formula is C9H14O3. The molecule has 12 heavy (non-hydrogen) atoms. The average Bonchev–Trinajstić information content (AvgIpc) is 2.06. The van der Waals surface area contributed by atoms with Gasteiger partial charge in [0.2, 0.25) is 0 Å². The first-order chi connectivity index (χ1) is 5.70. The summed E-state index contributed by atoms with van der Waals surface area (Å²) in [4.78, 5) is 10.3. The molecule has 1 aliphatic rings. The van der Waals surface area contributed by atoms with Gasteiger partial charge in [0.05, 0.1) is 0 Å². The van der Waals surface area contributed by atoms with Gasteiger partial charge >= 0.3 is 5.97 Å². The van der Waals surface area contributed by atoms with E-state index in [0.29, 0.717) is 12.3 Å². The van der Waals surface area contributed by atoms with Gasteiger partial charge in [-0.05, 0) is 31.6 Å². The van der Waals surface area contributed by atoms with Crippen molar-refractivity contribution in [2.24, 2.45) is 5.92 Å². The fourth-order valence-electron chi connectivity index (χ4n) is 1.49. The molecule has 0 aromatic heterocycles. The highest BCUT2D eigenvalue weighted by Crippen LogP contribution is 2.22. The van der Waals surface area contributed by atoms with E-state index in [0.717, 1.165) is 19.3 Å². The maximum Gasteiger partial charge on any atom is 0.332 e. The first kappa shape index (κ1) is 9.26. The van der Waals surface area contributed by atoms with Gasteiger partial charge in [0.15, 0.2) is 6.10 Å². The van der Waals surface area contributed by atoms with Gasteiger partial charge in [0, 0.05) is 0 Å². The van der Waals surface area contributed by atoms with E-state index in [2.05, 4.69) is 12.2 Å². The highest BCUT2D eigenvalue weighted by Gasteiger charge is 2.19. The smallest absolute Gasteiger partial charge is 0.332 e. The fourth-order valence-corrected chi connectivity index (χ4v) is 1.49. The van der Waals surface area contributed by atoms with Crippen molar-refractivity contribution in [2.75, 3.05) is 0 Å². The molecule has 1 aliphatic carbocycles. The lowest BCUT2D eigenvalue weighted by Gasteiger charge is -2.18. The Morgan fingerprint density at radius 3 is 2.83 bits per heavy atom. The largest absolute Gasteiger partial charge is 0.479 e. The number of carboxylic acid groups (broad SMARTS) is 1. The van der Waals surface area contributed by atoms with Crippen molar-refractivity contribution in [3.63, 3.8) is 0 Å². The summed E-state index contributed by atoms with van der Waals surface area (Å²) in [7, 11) is 0. The number of aliphatic carboxylic acids is 1. The van der Waals surface area contributed by atoms with Crippen LogP contribution in [0.3, 0.4) is 0 Å². The van der Waals surface area contributed by atoms with Gasteiger partial charge in [0.25, 0.3) is 0 Å². The van der Waals surface area contributed by atoms with Crippen LogP contribution in [0.4, 0.5) is 0 Å². The van der Waals surface area contributed by atoms with Crippen molar-refractivity contribution in [3.05, 3.63) is 12.2 Å². The molecule has 0 aliphatic heterocycles. The zero-order valence-corrected chi connectivity index (χ0v) is 6.94. The minimum atomic E-state index is -1.18. The van der Waals surface area contributed by atoms with Gasteiger partial charge in [0.1, 0.15) is 0 Å². The lowest BCUT2D eigenvalue weighted by atomic mass is 9.89. The Morgan fingerprint density at radius 2 is 2.33 bits per heavy atom. The Bertz CT molecular complexity index is 186. The van der Waals surface area contributed by atoms with Crippen molar-refractivity contribution in [2.45, 2.75) is 31.8 Å².